The topological polar surface area (TPSA) is 62.8 Å². The van der Waals surface area contributed by atoms with E-state index in [9.17, 15) is 4.79 Å². The second-order valence-electron chi connectivity index (χ2n) is 6.94. The van der Waals surface area contributed by atoms with Crippen molar-refractivity contribution in [3.05, 3.63) is 0 Å². The van der Waals surface area contributed by atoms with Crippen LogP contribution in [0.3, 0.4) is 0 Å². The van der Waals surface area contributed by atoms with Crippen molar-refractivity contribution in [2.24, 2.45) is 0 Å². The number of carbonyl (C=O) groups is 1. The molecule has 0 aromatic carbocycles. The molecule has 22 heavy (non-hydrogen) atoms. The number of nitrogens with one attached hydrogen (secondary N) is 2. The van der Waals surface area contributed by atoms with Crippen molar-refractivity contribution in [2.75, 3.05) is 52.5 Å². The summed E-state index contributed by atoms with van der Waals surface area (Å²) in [5.74, 6) is -0.167. The fourth-order valence-electron chi connectivity index (χ4n) is 3.94. The Hall–Kier alpha value is -0.690. The van der Waals surface area contributed by atoms with Gasteiger partial charge in [0.1, 0.15) is 0 Å². The zero-order valence-corrected chi connectivity index (χ0v) is 13.7. The van der Waals surface area contributed by atoms with Crippen LogP contribution < -0.4 is 10.6 Å². The monoisotopic (exact) mass is 311 g/mol. The largest absolute Gasteiger partial charge is 0.465 e. The molecule has 3 heterocycles. The molecule has 1 aliphatic carbocycles. The number of hydrogen-bond acceptors (Lipinski definition) is 6. The van der Waals surface area contributed by atoms with Gasteiger partial charge >= 0.3 is 5.97 Å². The summed E-state index contributed by atoms with van der Waals surface area (Å²) < 4.78 is 11.3. The van der Waals surface area contributed by atoms with Crippen LogP contribution in [0.5, 0.6) is 0 Å². The summed E-state index contributed by atoms with van der Waals surface area (Å²) in [5, 5.41) is 6.80. The Morgan fingerprint density at radius 2 is 2.00 bits per heavy atom. The Morgan fingerprint density at radius 3 is 2.59 bits per heavy atom. The second-order valence-corrected chi connectivity index (χ2v) is 6.94. The maximum Gasteiger partial charge on any atom is 0.319 e. The van der Waals surface area contributed by atoms with Crippen LogP contribution in [-0.2, 0) is 14.3 Å². The minimum Gasteiger partial charge on any atom is -0.465 e. The summed E-state index contributed by atoms with van der Waals surface area (Å²) >= 11 is 0. The van der Waals surface area contributed by atoms with E-state index in [2.05, 4.69) is 15.5 Å². The second kappa shape index (κ2) is 6.83. The highest BCUT2D eigenvalue weighted by atomic mass is 16.5. The fraction of sp³-hybridized carbons (Fsp3) is 0.938. The van der Waals surface area contributed by atoms with Gasteiger partial charge in [-0.3, -0.25) is 15.0 Å². The molecule has 0 atom stereocenters. The average Bonchev–Trinajstić information content (AvgIpc) is 2.56. The molecular weight excluding hydrogens is 282 g/mol. The van der Waals surface area contributed by atoms with Gasteiger partial charge in [0, 0.05) is 38.3 Å². The number of esters is 1. The highest BCUT2D eigenvalue weighted by molar-refractivity contribution is 5.71. The van der Waals surface area contributed by atoms with E-state index in [1.54, 1.807) is 0 Å². The zero-order chi connectivity index (χ0) is 15.5. The van der Waals surface area contributed by atoms with Crippen molar-refractivity contribution >= 4 is 5.97 Å². The SMILES string of the molecule is CCOC(=O)CNC12CCC(CN3CCNCC3)(CC1)OC2. The molecule has 0 spiro atoms. The van der Waals surface area contributed by atoms with Crippen molar-refractivity contribution in [2.45, 2.75) is 43.7 Å². The smallest absolute Gasteiger partial charge is 0.319 e. The molecule has 3 saturated heterocycles. The number of hydrogen-bond donors (Lipinski definition) is 2. The minimum atomic E-state index is -0.167. The van der Waals surface area contributed by atoms with Gasteiger partial charge in [-0.25, -0.2) is 0 Å². The summed E-state index contributed by atoms with van der Waals surface area (Å²) in [5.41, 5.74) is 0.0304. The molecule has 3 aliphatic heterocycles. The van der Waals surface area contributed by atoms with Crippen LogP contribution in [0.25, 0.3) is 0 Å². The van der Waals surface area contributed by atoms with Gasteiger partial charge in [0.2, 0.25) is 0 Å². The minimum absolute atomic E-state index is 0.0159. The summed E-state index contributed by atoms with van der Waals surface area (Å²) in [6.45, 7) is 8.77. The average molecular weight is 311 g/mol. The highest BCUT2D eigenvalue weighted by Crippen LogP contribution is 2.44. The van der Waals surface area contributed by atoms with Gasteiger partial charge < -0.3 is 14.8 Å². The quantitative estimate of drug-likeness (QED) is 0.680. The maximum absolute atomic E-state index is 11.5. The molecule has 1 saturated carbocycles. The molecule has 4 rings (SSSR count). The number of ether oxygens (including phenoxy) is 2. The van der Waals surface area contributed by atoms with Crippen molar-refractivity contribution in [3.63, 3.8) is 0 Å². The van der Waals surface area contributed by atoms with Gasteiger partial charge in [-0.1, -0.05) is 0 Å². The molecule has 4 aliphatic rings. The number of nitrogens with zero attached hydrogens (tertiary/aromatic N) is 1. The molecule has 0 radical (unpaired) electrons. The normalized spacial score (nSPS) is 35.5. The molecule has 0 unspecified atom stereocenters. The lowest BCUT2D eigenvalue weighted by molar-refractivity contribution is -0.173. The lowest BCUT2D eigenvalue weighted by Crippen LogP contribution is -2.65. The van der Waals surface area contributed by atoms with E-state index in [0.29, 0.717) is 13.2 Å². The van der Waals surface area contributed by atoms with Crippen LogP contribution in [-0.4, -0.2) is 74.5 Å². The molecule has 6 heteroatoms. The maximum atomic E-state index is 11.5. The number of rotatable bonds is 6. The van der Waals surface area contributed by atoms with Gasteiger partial charge in [-0.2, -0.15) is 0 Å². The Balaban J connectivity index is 1.49. The predicted octanol–water partition coefficient (Wildman–Crippen LogP) is 0.126. The molecule has 126 valence electrons. The summed E-state index contributed by atoms with van der Waals surface area (Å²) in [4.78, 5) is 14.1. The van der Waals surface area contributed by atoms with Crippen molar-refractivity contribution < 1.29 is 14.3 Å². The van der Waals surface area contributed by atoms with Crippen LogP contribution >= 0.6 is 0 Å². The Morgan fingerprint density at radius 1 is 1.27 bits per heavy atom. The molecule has 6 nitrogen and oxygen atoms in total. The molecule has 2 N–H and O–H groups in total. The standard InChI is InChI=1S/C16H29N3O3/c1-2-21-14(20)11-18-15-3-5-16(6-4-15,22-13-15)12-19-9-7-17-8-10-19/h17-18H,2-13H2,1H3. The van der Waals surface area contributed by atoms with E-state index in [-0.39, 0.29) is 17.1 Å². The first-order valence-electron chi connectivity index (χ1n) is 8.63. The third kappa shape index (κ3) is 3.62. The Labute approximate surface area is 132 Å². The molecule has 0 aromatic heterocycles. The lowest BCUT2D eigenvalue weighted by Gasteiger charge is -2.54. The molecular formula is C16H29N3O3. The van der Waals surface area contributed by atoms with E-state index in [1.807, 2.05) is 6.92 Å². The Bertz CT molecular complexity index is 372. The van der Waals surface area contributed by atoms with Crippen molar-refractivity contribution in [1.29, 1.82) is 0 Å². The van der Waals surface area contributed by atoms with E-state index in [4.69, 9.17) is 9.47 Å². The lowest BCUT2D eigenvalue weighted by atomic mass is 9.71. The molecule has 0 amide bonds. The fourth-order valence-corrected chi connectivity index (χ4v) is 3.94. The van der Waals surface area contributed by atoms with Crippen molar-refractivity contribution in [1.82, 2.24) is 15.5 Å². The van der Waals surface area contributed by atoms with Gasteiger partial charge in [0.25, 0.3) is 0 Å². The van der Waals surface area contributed by atoms with Crippen LogP contribution in [0.4, 0.5) is 0 Å². The summed E-state index contributed by atoms with van der Waals surface area (Å²) in [7, 11) is 0. The summed E-state index contributed by atoms with van der Waals surface area (Å²) in [6, 6.07) is 0. The van der Waals surface area contributed by atoms with E-state index < -0.39 is 0 Å². The van der Waals surface area contributed by atoms with E-state index in [1.165, 1.54) is 0 Å². The van der Waals surface area contributed by atoms with Crippen molar-refractivity contribution in [3.8, 4) is 0 Å². The van der Waals surface area contributed by atoms with Gasteiger partial charge in [0.05, 0.1) is 25.4 Å². The first-order chi connectivity index (χ1) is 10.7. The van der Waals surface area contributed by atoms with Crippen LogP contribution in [0, 0.1) is 0 Å². The highest BCUT2D eigenvalue weighted by Gasteiger charge is 2.50. The number of fused-ring (bicyclic) bond motifs is 3. The summed E-state index contributed by atoms with van der Waals surface area (Å²) in [6.07, 6.45) is 4.37. The first-order valence-corrected chi connectivity index (χ1v) is 8.63. The van der Waals surface area contributed by atoms with Gasteiger partial charge in [0.15, 0.2) is 0 Å². The molecule has 2 bridgehead atoms. The Kier molecular flexibility index (Phi) is 5.02. The van der Waals surface area contributed by atoms with Crippen LogP contribution in [0.1, 0.15) is 32.6 Å². The first kappa shape index (κ1) is 16.2. The van der Waals surface area contributed by atoms with Crippen LogP contribution in [0.2, 0.25) is 0 Å². The number of piperazine rings is 1. The van der Waals surface area contributed by atoms with E-state index >= 15 is 0 Å². The third-order valence-electron chi connectivity index (χ3n) is 5.41. The third-order valence-corrected chi connectivity index (χ3v) is 5.41. The van der Waals surface area contributed by atoms with Gasteiger partial charge in [-0.05, 0) is 32.6 Å². The van der Waals surface area contributed by atoms with Gasteiger partial charge in [-0.15, -0.1) is 0 Å². The predicted molar refractivity (Wildman–Crippen MR) is 83.8 cm³/mol. The number of carbonyl (C=O) groups excluding carboxylic acids is 1. The van der Waals surface area contributed by atoms with Crippen LogP contribution in [0.15, 0.2) is 0 Å². The molecule has 0 aromatic rings. The molecule has 4 fully saturated rings. The van der Waals surface area contributed by atoms with E-state index in [0.717, 1.165) is 65.0 Å². The zero-order valence-electron chi connectivity index (χ0n) is 13.7.